The molecule has 1 aromatic carbocycles. The molecule has 11 nitrogen and oxygen atoms in total. The zero-order valence-electron chi connectivity index (χ0n) is 20.3. The van der Waals surface area contributed by atoms with Crippen molar-refractivity contribution in [2.24, 2.45) is 22.9 Å². The molecule has 0 spiro atoms. The Morgan fingerprint density at radius 2 is 1.21 bits per heavy atom. The molecule has 0 bridgehead atoms. The Balaban J connectivity index is 1.63. The van der Waals surface area contributed by atoms with Gasteiger partial charge in [-0.2, -0.15) is 15.0 Å². The van der Waals surface area contributed by atoms with Gasteiger partial charge in [-0.1, -0.05) is 0 Å². The number of hydrogen-bond acceptors (Lipinski definition) is 11. The number of nitrogens with two attached hydrogens (primary N) is 4. The van der Waals surface area contributed by atoms with Crippen LogP contribution in [0.5, 0.6) is 0 Å². The summed E-state index contributed by atoms with van der Waals surface area (Å²) in [7, 11) is 0. The SMILES string of the molecule is CCN(CC)c1ccc(Nc2nc(N3CC(N)CC(N)C3)nc(N3CC(N)CC(N)C3)n2)cc1. The Bertz CT molecular complexity index is 869. The second-order valence-electron chi connectivity index (χ2n) is 9.42. The molecule has 9 N–H and O–H groups in total. The normalized spacial score (nSPS) is 25.4. The summed E-state index contributed by atoms with van der Waals surface area (Å²) in [5.74, 6) is 1.59. The van der Waals surface area contributed by atoms with Gasteiger partial charge in [-0.05, 0) is 51.0 Å². The molecule has 4 atom stereocenters. The zero-order valence-corrected chi connectivity index (χ0v) is 20.3. The van der Waals surface area contributed by atoms with Crippen molar-refractivity contribution in [2.45, 2.75) is 50.9 Å². The second kappa shape index (κ2) is 10.7. The first-order valence-corrected chi connectivity index (χ1v) is 12.2. The van der Waals surface area contributed by atoms with Crippen LogP contribution in [0.2, 0.25) is 0 Å². The van der Waals surface area contributed by atoms with E-state index in [2.05, 4.69) is 36.2 Å². The van der Waals surface area contributed by atoms with Gasteiger partial charge in [0.2, 0.25) is 17.8 Å². The van der Waals surface area contributed by atoms with E-state index < -0.39 is 0 Å². The lowest BCUT2D eigenvalue weighted by molar-refractivity contribution is 0.441. The third-order valence-electron chi connectivity index (χ3n) is 6.46. The van der Waals surface area contributed by atoms with Crippen molar-refractivity contribution in [3.8, 4) is 0 Å². The minimum absolute atomic E-state index is 0.0233. The minimum atomic E-state index is -0.0233. The van der Waals surface area contributed by atoms with Crippen LogP contribution in [0.4, 0.5) is 29.2 Å². The van der Waals surface area contributed by atoms with Gasteiger partial charge in [0.1, 0.15) is 0 Å². The van der Waals surface area contributed by atoms with Crippen LogP contribution in [0.25, 0.3) is 0 Å². The van der Waals surface area contributed by atoms with Gasteiger partial charge < -0.3 is 43.0 Å². The van der Waals surface area contributed by atoms with E-state index in [1.807, 2.05) is 21.9 Å². The number of aromatic nitrogens is 3. The van der Waals surface area contributed by atoms with Crippen LogP contribution in [-0.2, 0) is 0 Å². The molecule has 0 aliphatic carbocycles. The predicted octanol–water partition coefficient (Wildman–Crippen LogP) is 0.191. The van der Waals surface area contributed by atoms with Crippen LogP contribution in [0.3, 0.4) is 0 Å². The molecule has 186 valence electrons. The number of benzene rings is 1. The average molecular weight is 470 g/mol. The number of anilines is 5. The van der Waals surface area contributed by atoms with E-state index in [0.717, 1.165) is 31.6 Å². The highest BCUT2D eigenvalue weighted by Gasteiger charge is 2.28. The number of nitrogens with zero attached hydrogens (tertiary/aromatic N) is 6. The van der Waals surface area contributed by atoms with Gasteiger partial charge in [-0.25, -0.2) is 0 Å². The fourth-order valence-electron chi connectivity index (χ4n) is 4.85. The summed E-state index contributed by atoms with van der Waals surface area (Å²) in [4.78, 5) is 20.6. The van der Waals surface area contributed by atoms with Crippen molar-refractivity contribution in [2.75, 3.05) is 59.3 Å². The maximum absolute atomic E-state index is 6.24. The highest BCUT2D eigenvalue weighted by atomic mass is 15.4. The van der Waals surface area contributed by atoms with E-state index in [1.165, 1.54) is 5.69 Å². The minimum Gasteiger partial charge on any atom is -0.372 e. The van der Waals surface area contributed by atoms with Gasteiger partial charge >= 0.3 is 0 Å². The lowest BCUT2D eigenvalue weighted by Crippen LogP contribution is -2.54. The molecule has 2 aromatic rings. The molecule has 3 heterocycles. The summed E-state index contributed by atoms with van der Waals surface area (Å²) in [5, 5.41) is 3.35. The highest BCUT2D eigenvalue weighted by molar-refractivity contribution is 5.61. The Kier molecular flexibility index (Phi) is 7.67. The lowest BCUT2D eigenvalue weighted by Gasteiger charge is -2.37. The molecule has 0 amide bonds. The van der Waals surface area contributed by atoms with E-state index in [4.69, 9.17) is 37.9 Å². The van der Waals surface area contributed by atoms with Gasteiger partial charge in [0, 0.05) is 74.8 Å². The number of piperidine rings is 2. The quantitative estimate of drug-likeness (QED) is 0.376. The maximum Gasteiger partial charge on any atom is 0.233 e. The van der Waals surface area contributed by atoms with Crippen LogP contribution in [0, 0.1) is 0 Å². The van der Waals surface area contributed by atoms with Crippen molar-refractivity contribution < 1.29 is 0 Å². The van der Waals surface area contributed by atoms with Crippen molar-refractivity contribution in [3.05, 3.63) is 24.3 Å². The Labute approximate surface area is 201 Å². The predicted molar refractivity (Wildman–Crippen MR) is 139 cm³/mol. The topological polar surface area (TPSA) is 164 Å². The Morgan fingerprint density at radius 3 is 1.62 bits per heavy atom. The fourth-order valence-corrected chi connectivity index (χ4v) is 4.85. The molecular weight excluding hydrogens is 430 g/mol. The van der Waals surface area contributed by atoms with Gasteiger partial charge in [0.25, 0.3) is 0 Å². The lowest BCUT2D eigenvalue weighted by atomic mass is 10.0. The van der Waals surface area contributed by atoms with Crippen LogP contribution in [-0.4, -0.2) is 78.4 Å². The molecular formula is C23H39N11. The molecule has 2 aliphatic rings. The third kappa shape index (κ3) is 5.84. The molecule has 2 aliphatic heterocycles. The fraction of sp³-hybridized carbons (Fsp3) is 0.609. The average Bonchev–Trinajstić information content (AvgIpc) is 2.79. The van der Waals surface area contributed by atoms with Crippen LogP contribution in [0.1, 0.15) is 26.7 Å². The molecule has 2 fully saturated rings. The molecule has 34 heavy (non-hydrogen) atoms. The van der Waals surface area contributed by atoms with Crippen LogP contribution in [0.15, 0.2) is 24.3 Å². The second-order valence-corrected chi connectivity index (χ2v) is 9.42. The van der Waals surface area contributed by atoms with Gasteiger partial charge in [0.05, 0.1) is 0 Å². The van der Waals surface area contributed by atoms with Crippen LogP contribution >= 0.6 is 0 Å². The van der Waals surface area contributed by atoms with Gasteiger partial charge in [-0.3, -0.25) is 0 Å². The zero-order chi connectivity index (χ0) is 24.2. The van der Waals surface area contributed by atoms with Gasteiger partial charge in [0.15, 0.2) is 0 Å². The van der Waals surface area contributed by atoms with Crippen molar-refractivity contribution >= 4 is 29.2 Å². The third-order valence-corrected chi connectivity index (χ3v) is 6.46. The van der Waals surface area contributed by atoms with Crippen molar-refractivity contribution in [3.63, 3.8) is 0 Å². The largest absolute Gasteiger partial charge is 0.372 e. The van der Waals surface area contributed by atoms with E-state index in [9.17, 15) is 0 Å². The van der Waals surface area contributed by atoms with E-state index in [0.29, 0.717) is 44.0 Å². The molecule has 11 heteroatoms. The van der Waals surface area contributed by atoms with Crippen molar-refractivity contribution in [1.29, 1.82) is 0 Å². The summed E-state index contributed by atoms with van der Waals surface area (Å²) in [6.07, 6.45) is 1.57. The molecule has 2 saturated heterocycles. The first-order chi connectivity index (χ1) is 16.3. The van der Waals surface area contributed by atoms with E-state index >= 15 is 0 Å². The first kappa shape index (κ1) is 24.4. The van der Waals surface area contributed by atoms with E-state index in [-0.39, 0.29) is 24.2 Å². The smallest absolute Gasteiger partial charge is 0.233 e. The molecule has 0 saturated carbocycles. The number of hydrogen-bond donors (Lipinski definition) is 5. The van der Waals surface area contributed by atoms with E-state index in [1.54, 1.807) is 0 Å². The molecule has 4 unspecified atom stereocenters. The molecule has 0 radical (unpaired) electrons. The monoisotopic (exact) mass is 469 g/mol. The highest BCUT2D eigenvalue weighted by Crippen LogP contribution is 2.25. The van der Waals surface area contributed by atoms with Crippen LogP contribution < -0.4 is 43.0 Å². The Morgan fingerprint density at radius 1 is 0.765 bits per heavy atom. The molecule has 1 aromatic heterocycles. The Hall–Kier alpha value is -2.73. The number of rotatable bonds is 7. The number of nitrogens with one attached hydrogen (secondary N) is 1. The maximum atomic E-state index is 6.24. The first-order valence-electron chi connectivity index (χ1n) is 12.2. The summed E-state index contributed by atoms with van der Waals surface area (Å²) in [5.41, 5.74) is 27.0. The van der Waals surface area contributed by atoms with Gasteiger partial charge in [-0.15, -0.1) is 0 Å². The summed E-state index contributed by atoms with van der Waals surface area (Å²) in [6, 6.07) is 8.18. The summed E-state index contributed by atoms with van der Waals surface area (Å²) >= 11 is 0. The van der Waals surface area contributed by atoms with Crippen molar-refractivity contribution in [1.82, 2.24) is 15.0 Å². The summed E-state index contributed by atoms with van der Waals surface area (Å²) < 4.78 is 0. The summed E-state index contributed by atoms with van der Waals surface area (Å²) in [6.45, 7) is 8.82. The standard InChI is InChI=1S/C23H39N11/c1-3-32(4-2)20-7-5-19(6-8-20)28-21-29-22(33-11-15(24)9-16(25)12-33)31-23(30-21)34-13-17(26)10-18(27)14-34/h5-8,15-18H,3-4,9-14,24-27H2,1-2H3,(H,28,29,30,31). The molecule has 4 rings (SSSR count).